The molecule has 0 aliphatic rings. The smallest absolute Gasteiger partial charge is 2.00 e. The first-order chi connectivity index (χ1) is 0. The topological polar surface area (TPSA) is 0 Å². The van der Waals surface area contributed by atoms with Crippen LogP contribution >= 0.6 is 0 Å². The van der Waals surface area contributed by atoms with E-state index in [0.717, 1.165) is 0 Å². The summed E-state index contributed by atoms with van der Waals surface area (Å²) < 4.78 is 0. The molecule has 0 aromatic carbocycles. The number of rotatable bonds is 0. The summed E-state index contributed by atoms with van der Waals surface area (Å²) in [6.07, 6.45) is 0. The summed E-state index contributed by atoms with van der Waals surface area (Å²) in [6.45, 7) is 0. The van der Waals surface area contributed by atoms with E-state index in [4.69, 9.17) is 0 Å². The van der Waals surface area contributed by atoms with Crippen molar-refractivity contribution in [3.8, 4) is 0 Å². The standard InChI is InChI=1S/2Cu.2Ga.5Se/q2*+2;2*+3;5*-2. The van der Waals surface area contributed by atoms with Crippen LogP contribution in [-0.4, -0.2) is 125 Å². The van der Waals surface area contributed by atoms with Crippen molar-refractivity contribution in [2.75, 3.05) is 0 Å². The van der Waals surface area contributed by atoms with Crippen molar-refractivity contribution in [2.24, 2.45) is 0 Å². The minimum Gasteiger partial charge on any atom is -2.00 e. The van der Waals surface area contributed by atoms with Gasteiger partial charge in [0.15, 0.2) is 0 Å². The van der Waals surface area contributed by atoms with E-state index in [1.165, 1.54) is 0 Å². The molecule has 0 atom stereocenters. The molecule has 0 spiro atoms. The average Bonchev–Trinajstić information content (AvgIpc) is 0. The molecule has 0 aromatic heterocycles. The fraction of sp³-hybridized carbons (Fsp3) is 0. The van der Waals surface area contributed by atoms with Gasteiger partial charge >= 0.3 is 73.7 Å². The van der Waals surface area contributed by atoms with Gasteiger partial charge in [-0.05, 0) is 0 Å². The molecule has 0 unspecified atom stereocenters. The van der Waals surface area contributed by atoms with Gasteiger partial charge in [0.2, 0.25) is 0 Å². The normalized spacial score (nSPS) is 0. The van der Waals surface area contributed by atoms with Crippen molar-refractivity contribution in [1.82, 2.24) is 0 Å². The second-order valence-electron chi connectivity index (χ2n) is 0. The van der Waals surface area contributed by atoms with Crippen molar-refractivity contribution in [2.45, 2.75) is 0 Å². The van der Waals surface area contributed by atoms with Gasteiger partial charge in [-0.3, -0.25) is 0 Å². The average molecular weight is 661 g/mol. The second kappa shape index (κ2) is 76.0. The molecule has 0 fully saturated rings. The molecular weight excluding hydrogens is 661 g/mol. The minimum atomic E-state index is 0. The Morgan fingerprint density at radius 3 is 0.333 bits per heavy atom. The third-order valence-corrected chi connectivity index (χ3v) is 0. The van der Waals surface area contributed by atoms with Crippen LogP contribution in [-0.2, 0) is 34.1 Å². The predicted molar refractivity (Wildman–Crippen MR) is 40.3 cm³/mol. The van der Waals surface area contributed by atoms with Crippen LogP contribution in [0.15, 0.2) is 0 Å². The van der Waals surface area contributed by atoms with Crippen molar-refractivity contribution < 1.29 is 34.1 Å². The fourth-order valence-corrected chi connectivity index (χ4v) is 0. The van der Waals surface area contributed by atoms with Crippen molar-refractivity contribution in [3.05, 3.63) is 0 Å². The molecule has 0 aromatic rings. The maximum atomic E-state index is 0. The third kappa shape index (κ3) is 63.7. The molecule has 2 radical (unpaired) electrons. The molecule has 0 rings (SSSR count). The van der Waals surface area contributed by atoms with Crippen LogP contribution in [0.2, 0.25) is 0 Å². The van der Waals surface area contributed by atoms with Crippen LogP contribution in [0.4, 0.5) is 0 Å². The van der Waals surface area contributed by atoms with Crippen LogP contribution in [0, 0.1) is 0 Å². The molecule has 0 aliphatic heterocycles. The molecular formula is Cu2Ga2Se5. The Bertz CT molecular complexity index is 12.9. The number of hydrogen-bond acceptors (Lipinski definition) is 0. The van der Waals surface area contributed by atoms with Gasteiger partial charge in [0.1, 0.15) is 0 Å². The van der Waals surface area contributed by atoms with Crippen LogP contribution in [0.1, 0.15) is 0 Å². The summed E-state index contributed by atoms with van der Waals surface area (Å²) in [5.41, 5.74) is 0. The molecule has 0 heterocycles. The first-order valence-electron chi connectivity index (χ1n) is 0. The molecule has 0 nitrogen and oxygen atoms in total. The van der Waals surface area contributed by atoms with Crippen molar-refractivity contribution >= 4 is 125 Å². The van der Waals surface area contributed by atoms with E-state index in [1.807, 2.05) is 0 Å². The van der Waals surface area contributed by atoms with E-state index in [1.54, 1.807) is 0 Å². The van der Waals surface area contributed by atoms with Crippen LogP contribution in [0.5, 0.6) is 0 Å². The zero-order chi connectivity index (χ0) is 0. The second-order valence-corrected chi connectivity index (χ2v) is 0. The summed E-state index contributed by atoms with van der Waals surface area (Å²) in [6, 6.07) is 0. The minimum absolute atomic E-state index is 0. The maximum absolute atomic E-state index is 0. The summed E-state index contributed by atoms with van der Waals surface area (Å²) in [5, 5.41) is 0. The monoisotopic (exact) mass is 663 g/mol. The molecule has 0 bridgehead atoms. The number of hydrogen-bond donors (Lipinski definition) is 0. The first kappa shape index (κ1) is 96.2. The van der Waals surface area contributed by atoms with Crippen molar-refractivity contribution in [3.63, 3.8) is 0 Å². The van der Waals surface area contributed by atoms with Crippen LogP contribution in [0.3, 0.4) is 0 Å². The summed E-state index contributed by atoms with van der Waals surface area (Å²) >= 11 is 0. The third-order valence-electron chi connectivity index (χ3n) is 0. The van der Waals surface area contributed by atoms with E-state index < -0.39 is 0 Å². The largest absolute Gasteiger partial charge is 3.00 e. The van der Waals surface area contributed by atoms with Gasteiger partial charge in [-0.2, -0.15) is 0 Å². The van der Waals surface area contributed by atoms with Gasteiger partial charge in [-0.15, -0.1) is 0 Å². The summed E-state index contributed by atoms with van der Waals surface area (Å²) in [5.74, 6) is 0. The molecule has 0 aliphatic carbocycles. The quantitative estimate of drug-likeness (QED) is 0.249. The molecule has 0 saturated heterocycles. The Labute approximate surface area is 156 Å². The SMILES string of the molecule is [Cu+2].[Cu+2].[Ga+3].[Ga+3].[Se-2].[Se-2].[Se-2].[Se-2].[Se-2]. The van der Waals surface area contributed by atoms with E-state index >= 15 is 0 Å². The van der Waals surface area contributed by atoms with E-state index in [0.29, 0.717) is 0 Å². The summed E-state index contributed by atoms with van der Waals surface area (Å²) in [4.78, 5) is 0. The molecule has 9 heteroatoms. The van der Waals surface area contributed by atoms with Crippen LogP contribution in [0.25, 0.3) is 0 Å². The van der Waals surface area contributed by atoms with Gasteiger partial charge in [0, 0.05) is 0 Å². The molecule has 0 amide bonds. The van der Waals surface area contributed by atoms with Gasteiger partial charge in [-0.25, -0.2) is 0 Å². The first-order valence-corrected chi connectivity index (χ1v) is 0. The summed E-state index contributed by atoms with van der Waals surface area (Å²) in [7, 11) is 0. The van der Waals surface area contributed by atoms with E-state index in [-0.39, 0.29) is 159 Å². The molecule has 58 valence electrons. The van der Waals surface area contributed by atoms with Gasteiger partial charge < -0.3 is 85.3 Å². The zero-order valence-electron chi connectivity index (χ0n) is 3.80. The molecule has 0 saturated carbocycles. The van der Waals surface area contributed by atoms with E-state index in [2.05, 4.69) is 0 Å². The Hall–Kier alpha value is 4.91. The Kier molecular flexibility index (Phi) is 812. The van der Waals surface area contributed by atoms with Crippen LogP contribution < -0.4 is 0 Å². The molecule has 9 heavy (non-hydrogen) atoms. The zero-order valence-corrected chi connectivity index (χ0v) is 19.1. The Balaban J connectivity index is 0. The van der Waals surface area contributed by atoms with Gasteiger partial charge in [0.25, 0.3) is 0 Å². The predicted octanol–water partition coefficient (Wildman–Crippen LogP) is -2.67. The van der Waals surface area contributed by atoms with Crippen molar-refractivity contribution in [1.29, 1.82) is 0 Å². The maximum Gasteiger partial charge on any atom is 3.00 e. The fourth-order valence-electron chi connectivity index (χ4n) is 0. The van der Waals surface area contributed by atoms with Gasteiger partial charge in [-0.1, -0.05) is 0 Å². The molecule has 0 N–H and O–H groups in total. The Morgan fingerprint density at radius 2 is 0.333 bits per heavy atom. The Morgan fingerprint density at radius 1 is 0.333 bits per heavy atom. The van der Waals surface area contributed by atoms with E-state index in [9.17, 15) is 0 Å². The van der Waals surface area contributed by atoms with Gasteiger partial charge in [0.05, 0.1) is 0 Å².